The molecule has 2 amide bonds. The molecule has 1 saturated heterocycles. The van der Waals surface area contributed by atoms with Gasteiger partial charge in [0.15, 0.2) is 0 Å². The van der Waals surface area contributed by atoms with E-state index in [1.54, 1.807) is 13.0 Å². The number of ether oxygens (including phenoxy) is 1. The van der Waals surface area contributed by atoms with Gasteiger partial charge >= 0.3 is 0 Å². The minimum atomic E-state index is -0.225. The van der Waals surface area contributed by atoms with Gasteiger partial charge < -0.3 is 4.74 Å². The van der Waals surface area contributed by atoms with Gasteiger partial charge in [-0.1, -0.05) is 42.5 Å². The number of rotatable bonds is 5. The smallest absolute Gasteiger partial charge is 0.293 e. The third-order valence-corrected chi connectivity index (χ3v) is 4.52. The second kappa shape index (κ2) is 7.36. The molecule has 2 aromatic rings. The van der Waals surface area contributed by atoms with Crippen molar-refractivity contribution in [1.29, 1.82) is 0 Å². The molecule has 1 heterocycles. The Morgan fingerprint density at radius 1 is 1.04 bits per heavy atom. The Bertz CT molecular complexity index is 769. The number of carbonyl (C=O) groups is 2. The fourth-order valence-corrected chi connectivity index (χ4v) is 3.23. The number of imide groups is 1. The maximum atomic E-state index is 12.1. The first-order valence-electron chi connectivity index (χ1n) is 7.69. The van der Waals surface area contributed by atoms with Crippen molar-refractivity contribution in [1.82, 2.24) is 4.90 Å². The Kier molecular flexibility index (Phi) is 5.01. The summed E-state index contributed by atoms with van der Waals surface area (Å²) >= 11 is 0.980. The molecule has 3 rings (SSSR count). The maximum Gasteiger partial charge on any atom is 0.293 e. The van der Waals surface area contributed by atoms with E-state index in [1.807, 2.05) is 54.6 Å². The molecule has 2 aromatic carbocycles. The van der Waals surface area contributed by atoms with Crippen molar-refractivity contribution >= 4 is 29.0 Å². The summed E-state index contributed by atoms with van der Waals surface area (Å²) < 4.78 is 5.73. The highest BCUT2D eigenvalue weighted by atomic mass is 32.2. The molecule has 0 unspecified atom stereocenters. The zero-order valence-electron chi connectivity index (χ0n) is 13.3. The highest BCUT2D eigenvalue weighted by Crippen LogP contribution is 2.32. The average molecular weight is 339 g/mol. The topological polar surface area (TPSA) is 46.6 Å². The van der Waals surface area contributed by atoms with E-state index in [0.717, 1.165) is 28.6 Å². The van der Waals surface area contributed by atoms with Crippen molar-refractivity contribution in [2.24, 2.45) is 0 Å². The van der Waals surface area contributed by atoms with E-state index in [9.17, 15) is 9.59 Å². The lowest BCUT2D eigenvalue weighted by Gasteiger charge is -2.07. The Hall–Kier alpha value is -2.53. The molecule has 0 saturated carbocycles. The largest absolute Gasteiger partial charge is 0.489 e. The van der Waals surface area contributed by atoms with E-state index >= 15 is 0 Å². The maximum absolute atomic E-state index is 12.1. The van der Waals surface area contributed by atoms with E-state index in [-0.39, 0.29) is 11.1 Å². The summed E-state index contributed by atoms with van der Waals surface area (Å²) in [7, 11) is 0. The van der Waals surface area contributed by atoms with Gasteiger partial charge in [-0.15, -0.1) is 0 Å². The molecule has 0 radical (unpaired) electrons. The average Bonchev–Trinajstić information content (AvgIpc) is 2.88. The molecule has 0 spiro atoms. The van der Waals surface area contributed by atoms with Crippen molar-refractivity contribution in [3.63, 3.8) is 0 Å². The number of carbonyl (C=O) groups excluding carboxylic acids is 2. The van der Waals surface area contributed by atoms with E-state index in [0.29, 0.717) is 18.1 Å². The van der Waals surface area contributed by atoms with Gasteiger partial charge in [0, 0.05) is 6.54 Å². The number of likely N-dealkylation sites (N-methyl/N-ethyl adjacent to an activating group) is 1. The summed E-state index contributed by atoms with van der Waals surface area (Å²) in [6.07, 6.45) is 1.74. The summed E-state index contributed by atoms with van der Waals surface area (Å²) in [4.78, 5) is 25.5. The normalized spacial score (nSPS) is 16.0. The van der Waals surface area contributed by atoms with Crippen molar-refractivity contribution in [3.8, 4) is 5.75 Å². The van der Waals surface area contributed by atoms with Gasteiger partial charge in [0.2, 0.25) is 0 Å². The molecule has 24 heavy (non-hydrogen) atoms. The van der Waals surface area contributed by atoms with Crippen molar-refractivity contribution in [3.05, 3.63) is 70.6 Å². The lowest BCUT2D eigenvalue weighted by Crippen LogP contribution is -2.27. The van der Waals surface area contributed by atoms with Crippen LogP contribution in [-0.2, 0) is 11.4 Å². The minimum Gasteiger partial charge on any atom is -0.489 e. The fraction of sp³-hybridized carbons (Fsp3) is 0.158. The van der Waals surface area contributed by atoms with Crippen LogP contribution in [0, 0.1) is 0 Å². The van der Waals surface area contributed by atoms with Crippen molar-refractivity contribution in [2.45, 2.75) is 13.5 Å². The van der Waals surface area contributed by atoms with Gasteiger partial charge in [-0.3, -0.25) is 14.5 Å². The molecule has 0 bridgehead atoms. The van der Waals surface area contributed by atoms with E-state index < -0.39 is 0 Å². The van der Waals surface area contributed by atoms with Crippen molar-refractivity contribution < 1.29 is 14.3 Å². The van der Waals surface area contributed by atoms with Crippen LogP contribution in [0.5, 0.6) is 5.75 Å². The molecule has 1 aliphatic rings. The Morgan fingerprint density at radius 3 is 2.38 bits per heavy atom. The molecule has 0 atom stereocenters. The standard InChI is InChI=1S/C19H17NO3S/c1-2-20-18(21)17(24-19(20)22)12-14-8-10-16(11-9-14)23-13-15-6-4-3-5-7-15/h3-12H,2,13H2,1H3/b17-12+. The van der Waals surface area contributed by atoms with Crippen LogP contribution in [0.25, 0.3) is 6.08 Å². The van der Waals surface area contributed by atoms with Gasteiger partial charge in [0.1, 0.15) is 12.4 Å². The lowest BCUT2D eigenvalue weighted by molar-refractivity contribution is -0.122. The number of hydrogen-bond acceptors (Lipinski definition) is 4. The first-order valence-corrected chi connectivity index (χ1v) is 8.51. The Balaban J connectivity index is 1.66. The van der Waals surface area contributed by atoms with Gasteiger partial charge in [0.25, 0.3) is 11.1 Å². The molecule has 0 aromatic heterocycles. The Labute approximate surface area is 145 Å². The molecular formula is C19H17NO3S. The third kappa shape index (κ3) is 3.68. The summed E-state index contributed by atoms with van der Waals surface area (Å²) in [5, 5.41) is -0.212. The molecular weight excluding hydrogens is 322 g/mol. The minimum absolute atomic E-state index is 0.212. The van der Waals surface area contributed by atoms with E-state index in [4.69, 9.17) is 4.74 Å². The molecule has 0 N–H and O–H groups in total. The number of benzene rings is 2. The summed E-state index contributed by atoms with van der Waals surface area (Å²) in [5.74, 6) is 0.537. The van der Waals surface area contributed by atoms with Gasteiger partial charge in [-0.25, -0.2) is 0 Å². The number of thioether (sulfide) groups is 1. The zero-order valence-corrected chi connectivity index (χ0v) is 14.1. The zero-order chi connectivity index (χ0) is 16.9. The molecule has 0 aliphatic carbocycles. The highest BCUT2D eigenvalue weighted by Gasteiger charge is 2.33. The second-order valence-corrected chi connectivity index (χ2v) is 6.26. The quantitative estimate of drug-likeness (QED) is 0.761. The van der Waals surface area contributed by atoms with Crippen LogP contribution in [0.15, 0.2) is 59.5 Å². The first-order chi connectivity index (χ1) is 11.7. The fourth-order valence-electron chi connectivity index (χ4n) is 2.33. The first kappa shape index (κ1) is 16.3. The van der Waals surface area contributed by atoms with E-state index in [1.165, 1.54) is 4.90 Å². The van der Waals surface area contributed by atoms with Crippen LogP contribution in [0.4, 0.5) is 4.79 Å². The molecule has 4 nitrogen and oxygen atoms in total. The van der Waals surface area contributed by atoms with Gasteiger partial charge in [-0.2, -0.15) is 0 Å². The predicted octanol–water partition coefficient (Wildman–Crippen LogP) is 4.32. The second-order valence-electron chi connectivity index (χ2n) is 5.27. The number of hydrogen-bond donors (Lipinski definition) is 0. The van der Waals surface area contributed by atoms with Crippen LogP contribution >= 0.6 is 11.8 Å². The Morgan fingerprint density at radius 2 is 1.75 bits per heavy atom. The molecule has 1 aliphatic heterocycles. The molecule has 5 heteroatoms. The van der Waals surface area contributed by atoms with Crippen LogP contribution in [0.3, 0.4) is 0 Å². The number of nitrogens with zero attached hydrogens (tertiary/aromatic N) is 1. The summed E-state index contributed by atoms with van der Waals surface area (Å²) in [5.41, 5.74) is 1.97. The predicted molar refractivity (Wildman–Crippen MR) is 95.6 cm³/mol. The van der Waals surface area contributed by atoms with Crippen LogP contribution < -0.4 is 4.74 Å². The van der Waals surface area contributed by atoms with Gasteiger partial charge in [-0.05, 0) is 48.0 Å². The monoisotopic (exact) mass is 339 g/mol. The van der Waals surface area contributed by atoms with E-state index in [2.05, 4.69) is 0 Å². The number of amides is 2. The molecule has 1 fully saturated rings. The van der Waals surface area contributed by atoms with Crippen molar-refractivity contribution in [2.75, 3.05) is 6.54 Å². The van der Waals surface area contributed by atoms with Crippen LogP contribution in [0.2, 0.25) is 0 Å². The third-order valence-electron chi connectivity index (χ3n) is 3.62. The lowest BCUT2D eigenvalue weighted by atomic mass is 10.2. The van der Waals surface area contributed by atoms with Crippen LogP contribution in [-0.4, -0.2) is 22.6 Å². The summed E-state index contributed by atoms with van der Waals surface area (Å²) in [6, 6.07) is 17.4. The van der Waals surface area contributed by atoms with Crippen LogP contribution in [0.1, 0.15) is 18.1 Å². The molecule has 122 valence electrons. The highest BCUT2D eigenvalue weighted by molar-refractivity contribution is 8.18. The van der Waals surface area contributed by atoms with Gasteiger partial charge in [0.05, 0.1) is 4.91 Å². The summed E-state index contributed by atoms with van der Waals surface area (Å²) in [6.45, 7) is 2.70. The SMILES string of the molecule is CCN1C(=O)S/C(=C/c2ccc(OCc3ccccc3)cc2)C1=O.